The highest BCUT2D eigenvalue weighted by molar-refractivity contribution is 5.99. The molecule has 0 bridgehead atoms. The number of ether oxygens (including phenoxy) is 2. The molecule has 0 aliphatic carbocycles. The van der Waals surface area contributed by atoms with E-state index in [1.54, 1.807) is 13.0 Å². The Morgan fingerprint density at radius 3 is 2.42 bits per heavy atom. The Bertz CT molecular complexity index is 1090. The predicted molar refractivity (Wildman–Crippen MR) is 138 cm³/mol. The van der Waals surface area contributed by atoms with Crippen LogP contribution in [0.4, 0.5) is 4.79 Å². The Balaban J connectivity index is 1.98. The third kappa shape index (κ3) is 8.91. The van der Waals surface area contributed by atoms with E-state index in [1.807, 2.05) is 31.2 Å². The summed E-state index contributed by atoms with van der Waals surface area (Å²) in [6.45, 7) is 8.51. The molecular weight excluding hydrogens is 462 g/mol. The molecule has 0 saturated heterocycles. The summed E-state index contributed by atoms with van der Waals surface area (Å²) in [4.78, 5) is 36.6. The number of methoxy groups -OCH3 is 1. The number of alkyl carbamates (subject to hydrolysis) is 1. The number of hydrogen-bond donors (Lipinski definition) is 2. The van der Waals surface area contributed by atoms with Crippen molar-refractivity contribution in [2.24, 2.45) is 11.8 Å². The SMILES string of the molecule is COC(=O)N/C=C/CCC(C)c1cc(O)c(C(=O)C(C)Cc2ccc(OCCC(C)C)cc2)c(=O)o1. The highest BCUT2D eigenvalue weighted by Crippen LogP contribution is 2.27. The lowest BCUT2D eigenvalue weighted by atomic mass is 9.92. The zero-order valence-corrected chi connectivity index (χ0v) is 21.7. The van der Waals surface area contributed by atoms with Gasteiger partial charge in [0.15, 0.2) is 5.78 Å². The lowest BCUT2D eigenvalue weighted by Crippen LogP contribution is -2.22. The number of carbonyl (C=O) groups is 2. The third-order valence-electron chi connectivity index (χ3n) is 5.83. The third-order valence-corrected chi connectivity index (χ3v) is 5.83. The van der Waals surface area contributed by atoms with E-state index in [1.165, 1.54) is 19.4 Å². The highest BCUT2D eigenvalue weighted by atomic mass is 16.5. The van der Waals surface area contributed by atoms with E-state index in [0.29, 0.717) is 37.5 Å². The smallest absolute Gasteiger partial charge is 0.410 e. The van der Waals surface area contributed by atoms with Crippen molar-refractivity contribution in [1.29, 1.82) is 0 Å². The molecule has 0 aliphatic heterocycles. The first-order valence-corrected chi connectivity index (χ1v) is 12.2. The Kier molecular flexibility index (Phi) is 11.2. The first-order valence-electron chi connectivity index (χ1n) is 12.2. The van der Waals surface area contributed by atoms with Crippen LogP contribution in [0.2, 0.25) is 0 Å². The number of carbonyl (C=O) groups excluding carboxylic acids is 2. The van der Waals surface area contributed by atoms with Gasteiger partial charge in [0.05, 0.1) is 13.7 Å². The number of benzene rings is 1. The number of allylic oxidation sites excluding steroid dienone is 1. The van der Waals surface area contributed by atoms with E-state index in [0.717, 1.165) is 17.7 Å². The van der Waals surface area contributed by atoms with Gasteiger partial charge in [-0.3, -0.25) is 10.1 Å². The van der Waals surface area contributed by atoms with Gasteiger partial charge in [0, 0.05) is 24.1 Å². The van der Waals surface area contributed by atoms with Crippen molar-refractivity contribution in [3.63, 3.8) is 0 Å². The fourth-order valence-electron chi connectivity index (χ4n) is 3.55. The van der Waals surface area contributed by atoms with E-state index in [9.17, 15) is 19.5 Å². The summed E-state index contributed by atoms with van der Waals surface area (Å²) in [6.07, 6.45) is 5.24. The van der Waals surface area contributed by atoms with Crippen molar-refractivity contribution in [3.8, 4) is 11.5 Å². The number of ketones is 1. The van der Waals surface area contributed by atoms with Crippen LogP contribution in [0.5, 0.6) is 11.5 Å². The molecule has 2 rings (SSSR count). The summed E-state index contributed by atoms with van der Waals surface area (Å²) in [5, 5.41) is 12.9. The molecule has 8 heteroatoms. The van der Waals surface area contributed by atoms with Crippen molar-refractivity contribution >= 4 is 11.9 Å². The second-order valence-corrected chi connectivity index (χ2v) is 9.36. The molecule has 1 aromatic heterocycles. The fourth-order valence-corrected chi connectivity index (χ4v) is 3.55. The van der Waals surface area contributed by atoms with Crippen LogP contribution in [0.25, 0.3) is 0 Å². The molecule has 1 aromatic carbocycles. The molecule has 1 heterocycles. The number of nitrogens with one attached hydrogen (secondary N) is 1. The molecule has 2 unspecified atom stereocenters. The minimum Gasteiger partial charge on any atom is -0.507 e. The van der Waals surface area contributed by atoms with Gasteiger partial charge >= 0.3 is 11.7 Å². The molecular formula is C28H37NO7. The lowest BCUT2D eigenvalue weighted by Gasteiger charge is -2.14. The lowest BCUT2D eigenvalue weighted by molar-refractivity contribution is 0.0921. The molecule has 0 radical (unpaired) electrons. The second kappa shape index (κ2) is 14.1. The minimum absolute atomic E-state index is 0.186. The van der Waals surface area contributed by atoms with Crippen LogP contribution in [0, 0.1) is 11.8 Å². The highest BCUT2D eigenvalue weighted by Gasteiger charge is 2.25. The molecule has 0 aliphatic rings. The molecule has 0 spiro atoms. The van der Waals surface area contributed by atoms with Crippen LogP contribution in [-0.4, -0.2) is 30.7 Å². The van der Waals surface area contributed by atoms with Crippen LogP contribution in [0.15, 0.2) is 51.8 Å². The summed E-state index contributed by atoms with van der Waals surface area (Å²) in [6, 6.07) is 8.88. The summed E-state index contributed by atoms with van der Waals surface area (Å²) in [7, 11) is 1.27. The summed E-state index contributed by atoms with van der Waals surface area (Å²) in [5.74, 6) is 0.0925. The van der Waals surface area contributed by atoms with Crippen molar-refractivity contribution in [1.82, 2.24) is 5.32 Å². The number of amides is 1. The van der Waals surface area contributed by atoms with Gasteiger partial charge in [0.1, 0.15) is 22.8 Å². The van der Waals surface area contributed by atoms with Gasteiger partial charge in [-0.05, 0) is 49.3 Å². The zero-order chi connectivity index (χ0) is 26.7. The zero-order valence-electron chi connectivity index (χ0n) is 21.7. The minimum atomic E-state index is -0.842. The molecule has 8 nitrogen and oxygen atoms in total. The Morgan fingerprint density at radius 2 is 1.81 bits per heavy atom. The maximum absolute atomic E-state index is 13.0. The van der Waals surface area contributed by atoms with Gasteiger partial charge in [-0.2, -0.15) is 0 Å². The molecule has 2 N–H and O–H groups in total. The molecule has 1 amide bonds. The topological polar surface area (TPSA) is 115 Å². The molecule has 0 saturated carbocycles. The van der Waals surface area contributed by atoms with Gasteiger partial charge in [0.25, 0.3) is 0 Å². The maximum atomic E-state index is 13.0. The monoisotopic (exact) mass is 499 g/mol. The van der Waals surface area contributed by atoms with E-state index < -0.39 is 23.4 Å². The van der Waals surface area contributed by atoms with Crippen LogP contribution < -0.4 is 15.7 Å². The Hall–Kier alpha value is -3.55. The van der Waals surface area contributed by atoms with Crippen molar-refractivity contribution in [2.75, 3.05) is 13.7 Å². The van der Waals surface area contributed by atoms with Gasteiger partial charge in [-0.25, -0.2) is 9.59 Å². The predicted octanol–water partition coefficient (Wildman–Crippen LogP) is 5.59. The number of hydrogen-bond acceptors (Lipinski definition) is 7. The van der Waals surface area contributed by atoms with E-state index >= 15 is 0 Å². The van der Waals surface area contributed by atoms with Gasteiger partial charge in [-0.1, -0.05) is 45.9 Å². The van der Waals surface area contributed by atoms with Gasteiger partial charge in [-0.15, -0.1) is 0 Å². The van der Waals surface area contributed by atoms with Crippen LogP contribution in [0.3, 0.4) is 0 Å². The number of Topliss-reactive ketones (excluding diaryl/α,β-unsaturated/α-hetero) is 1. The maximum Gasteiger partial charge on any atom is 0.410 e. The van der Waals surface area contributed by atoms with E-state index in [2.05, 4.69) is 23.9 Å². The second-order valence-electron chi connectivity index (χ2n) is 9.36. The van der Waals surface area contributed by atoms with E-state index in [4.69, 9.17) is 9.15 Å². The number of aromatic hydroxyl groups is 1. The molecule has 2 atom stereocenters. The quantitative estimate of drug-likeness (QED) is 0.345. The first-order chi connectivity index (χ1) is 17.1. The largest absolute Gasteiger partial charge is 0.507 e. The summed E-state index contributed by atoms with van der Waals surface area (Å²) < 4.78 is 15.6. The fraction of sp³-hybridized carbons (Fsp3) is 0.464. The van der Waals surface area contributed by atoms with Crippen molar-refractivity contribution in [3.05, 3.63) is 69.9 Å². The molecule has 2 aromatic rings. The summed E-state index contributed by atoms with van der Waals surface area (Å²) >= 11 is 0. The Morgan fingerprint density at radius 1 is 1.11 bits per heavy atom. The summed E-state index contributed by atoms with van der Waals surface area (Å²) in [5.41, 5.74) is -0.240. The normalized spacial score (nSPS) is 12.9. The standard InChI is InChI=1S/C28H37NO7/c1-18(2)13-15-35-22-11-9-21(10-12-22)16-20(4)26(31)25-23(30)17-24(36-27(25)32)19(3)8-6-7-14-29-28(33)34-5/h7,9-12,14,17-20,30H,6,8,13,15-16H2,1-5H3,(H,29,33)/b14-7+. The van der Waals surface area contributed by atoms with Gasteiger partial charge < -0.3 is 19.0 Å². The molecule has 196 valence electrons. The first kappa shape index (κ1) is 28.7. The van der Waals surface area contributed by atoms with Crippen molar-refractivity contribution < 1.29 is 28.6 Å². The average molecular weight is 500 g/mol. The molecule has 0 fully saturated rings. The van der Waals surface area contributed by atoms with Crippen molar-refractivity contribution in [2.45, 2.75) is 59.3 Å². The van der Waals surface area contributed by atoms with Crippen LogP contribution in [0.1, 0.15) is 74.6 Å². The average Bonchev–Trinajstić information content (AvgIpc) is 2.83. The van der Waals surface area contributed by atoms with E-state index in [-0.39, 0.29) is 17.2 Å². The van der Waals surface area contributed by atoms with Crippen LogP contribution >= 0.6 is 0 Å². The van der Waals surface area contributed by atoms with Crippen LogP contribution in [-0.2, 0) is 11.2 Å². The van der Waals surface area contributed by atoms with Gasteiger partial charge in [0.2, 0.25) is 0 Å². The molecule has 36 heavy (non-hydrogen) atoms. The number of rotatable bonds is 13. The Labute approximate surface area is 212 Å².